The molecular weight excluding hydrogens is 553 g/mol. The summed E-state index contributed by atoms with van der Waals surface area (Å²) >= 11 is 0. The summed E-state index contributed by atoms with van der Waals surface area (Å²) in [5, 5.41) is 3.26. The summed E-state index contributed by atoms with van der Waals surface area (Å²) in [6, 6.07) is 25.2. The number of nitrogens with zero attached hydrogens (tertiary/aromatic N) is 3. The van der Waals surface area contributed by atoms with Crippen molar-refractivity contribution >= 4 is 22.6 Å². The smallest absolute Gasteiger partial charge is 0.405 e. The Morgan fingerprint density at radius 3 is 2.23 bits per heavy atom. The monoisotopic (exact) mass is 588 g/mol. The molecule has 6 nitrogen and oxygen atoms in total. The highest BCUT2D eigenvalue weighted by Crippen LogP contribution is 2.51. The summed E-state index contributed by atoms with van der Waals surface area (Å²) in [6.07, 6.45) is -2.49. The van der Waals surface area contributed by atoms with Crippen LogP contribution in [-0.2, 0) is 10.2 Å². The van der Waals surface area contributed by atoms with Crippen LogP contribution in [0.25, 0.3) is 22.0 Å². The van der Waals surface area contributed by atoms with Crippen molar-refractivity contribution in [1.82, 2.24) is 15.2 Å². The molecule has 0 bridgehead atoms. The van der Waals surface area contributed by atoms with Gasteiger partial charge in [-0.05, 0) is 72.0 Å². The van der Waals surface area contributed by atoms with Gasteiger partial charge in [0.1, 0.15) is 23.5 Å². The molecule has 9 heteroatoms. The number of fused-ring (bicyclic) bond motifs is 4. The zero-order valence-electron chi connectivity index (χ0n) is 24.2. The van der Waals surface area contributed by atoms with Gasteiger partial charge in [-0.25, -0.2) is 4.98 Å². The van der Waals surface area contributed by atoms with Gasteiger partial charge in [-0.1, -0.05) is 55.0 Å². The summed E-state index contributed by atoms with van der Waals surface area (Å²) in [5.41, 5.74) is 3.18. The number of carbonyl (C=O) groups excluding carboxylic acids is 1. The number of hydrogen-bond donors (Lipinski definition) is 1. The fraction of sp³-hybridized carbons (Fsp3) is 0.353. The second kappa shape index (κ2) is 11.9. The summed E-state index contributed by atoms with van der Waals surface area (Å²) in [6.45, 7) is 3.03. The number of unbranched alkanes of at least 4 members (excludes halogenated alkanes) is 1. The van der Waals surface area contributed by atoms with E-state index in [1.165, 1.54) is 0 Å². The van der Waals surface area contributed by atoms with Crippen LogP contribution in [0.5, 0.6) is 5.75 Å². The van der Waals surface area contributed by atoms with Gasteiger partial charge in [-0.15, -0.1) is 0 Å². The normalized spacial score (nSPS) is 16.1. The molecule has 43 heavy (non-hydrogen) atoms. The van der Waals surface area contributed by atoms with Crippen LogP contribution < -0.4 is 15.0 Å². The minimum Gasteiger partial charge on any atom is -0.497 e. The molecule has 1 aliphatic heterocycles. The Labute approximate surface area is 249 Å². The lowest BCUT2D eigenvalue weighted by molar-refractivity contribution is -0.141. The van der Waals surface area contributed by atoms with E-state index in [1.54, 1.807) is 7.11 Å². The van der Waals surface area contributed by atoms with E-state index in [-0.39, 0.29) is 0 Å². The third-order valence-corrected chi connectivity index (χ3v) is 8.75. The Bertz CT molecular complexity index is 1570. The van der Waals surface area contributed by atoms with Crippen molar-refractivity contribution < 1.29 is 22.7 Å². The molecule has 2 heterocycles. The zero-order chi connectivity index (χ0) is 30.0. The van der Waals surface area contributed by atoms with Gasteiger partial charge in [0, 0.05) is 31.6 Å². The Hall–Kier alpha value is -4.11. The predicted octanol–water partition coefficient (Wildman–Crippen LogP) is 6.18. The average Bonchev–Trinajstić information content (AvgIpc) is 3.32. The fourth-order valence-corrected chi connectivity index (χ4v) is 6.61. The number of piperazine rings is 1. The van der Waals surface area contributed by atoms with Crippen LogP contribution in [0.15, 0.2) is 78.9 Å². The van der Waals surface area contributed by atoms with Crippen molar-refractivity contribution in [3.8, 4) is 16.9 Å². The summed E-state index contributed by atoms with van der Waals surface area (Å²) in [7, 11) is 1.66. The number of ether oxygens (including phenoxy) is 1. The lowest BCUT2D eigenvalue weighted by atomic mass is 9.73. The molecule has 6 rings (SSSR count). The van der Waals surface area contributed by atoms with Crippen LogP contribution in [0, 0.1) is 0 Å². The van der Waals surface area contributed by atoms with Crippen LogP contribution in [0.3, 0.4) is 0 Å². The van der Waals surface area contributed by atoms with E-state index in [2.05, 4.69) is 27.2 Å². The first kappa shape index (κ1) is 29.0. The summed E-state index contributed by atoms with van der Waals surface area (Å²) in [4.78, 5) is 23.2. The first-order chi connectivity index (χ1) is 20.8. The number of hydrogen-bond acceptors (Lipinski definition) is 5. The Kier molecular flexibility index (Phi) is 8.01. The molecule has 4 aromatic rings. The molecule has 1 aromatic heterocycles. The standard InChI is InChI=1S/C34H35F3N4O2/c1-43-25-13-14-30-24(22-25)12-15-31(39-30)41-20-18-40(19-21-41)17-7-6-16-33(32(42)38-23-34(35,36)37)28-10-4-2-8-26(28)27-9-3-5-11-29(27)33/h2-5,8-15,22H,6-7,16-21,23H2,1H3,(H,38,42). The highest BCUT2D eigenvalue weighted by Gasteiger charge is 2.49. The van der Waals surface area contributed by atoms with Crippen molar-refractivity contribution in [2.24, 2.45) is 0 Å². The van der Waals surface area contributed by atoms with E-state index < -0.39 is 24.0 Å². The quantitative estimate of drug-likeness (QED) is 0.237. The van der Waals surface area contributed by atoms with Crippen LogP contribution in [-0.4, -0.2) is 68.3 Å². The number of pyridine rings is 1. The van der Waals surface area contributed by atoms with Crippen molar-refractivity contribution in [1.29, 1.82) is 0 Å². The Morgan fingerprint density at radius 2 is 1.58 bits per heavy atom. The first-order valence-corrected chi connectivity index (χ1v) is 14.7. The van der Waals surface area contributed by atoms with E-state index in [9.17, 15) is 18.0 Å². The number of anilines is 1. The summed E-state index contributed by atoms with van der Waals surface area (Å²) in [5.74, 6) is 1.18. The van der Waals surface area contributed by atoms with Gasteiger partial charge in [-0.2, -0.15) is 13.2 Å². The second-order valence-electron chi connectivity index (χ2n) is 11.3. The van der Waals surface area contributed by atoms with Crippen LogP contribution in [0.1, 0.15) is 30.4 Å². The van der Waals surface area contributed by atoms with Gasteiger partial charge in [-0.3, -0.25) is 9.69 Å². The van der Waals surface area contributed by atoms with E-state index in [4.69, 9.17) is 9.72 Å². The SMILES string of the molecule is COc1ccc2nc(N3CCN(CCCCC4(C(=O)NCC(F)(F)F)c5ccccc5-c5ccccc54)CC3)ccc2c1. The maximum absolute atomic E-state index is 13.7. The first-order valence-electron chi connectivity index (χ1n) is 14.7. The molecule has 1 aliphatic carbocycles. The number of carbonyl (C=O) groups is 1. The van der Waals surface area contributed by atoms with Gasteiger partial charge in [0.05, 0.1) is 12.6 Å². The van der Waals surface area contributed by atoms with Gasteiger partial charge in [0.25, 0.3) is 0 Å². The fourth-order valence-electron chi connectivity index (χ4n) is 6.61. The van der Waals surface area contributed by atoms with Gasteiger partial charge >= 0.3 is 6.18 Å². The van der Waals surface area contributed by atoms with E-state index >= 15 is 0 Å². The number of benzene rings is 3. The van der Waals surface area contributed by atoms with Crippen molar-refractivity contribution in [2.45, 2.75) is 30.9 Å². The Balaban J connectivity index is 1.10. The molecular formula is C34H35F3N4O2. The van der Waals surface area contributed by atoms with Crippen LogP contribution >= 0.6 is 0 Å². The van der Waals surface area contributed by atoms with Crippen molar-refractivity contribution in [3.63, 3.8) is 0 Å². The van der Waals surface area contributed by atoms with Gasteiger partial charge < -0.3 is 15.0 Å². The largest absolute Gasteiger partial charge is 0.497 e. The zero-order valence-corrected chi connectivity index (χ0v) is 24.2. The van der Waals surface area contributed by atoms with E-state index in [1.807, 2.05) is 66.7 Å². The molecule has 1 fully saturated rings. The van der Waals surface area contributed by atoms with Gasteiger partial charge in [0.2, 0.25) is 5.91 Å². The topological polar surface area (TPSA) is 57.7 Å². The number of alkyl halides is 3. The van der Waals surface area contributed by atoms with Gasteiger partial charge in [0.15, 0.2) is 0 Å². The molecule has 0 radical (unpaired) electrons. The van der Waals surface area contributed by atoms with E-state index in [0.717, 1.165) is 83.9 Å². The maximum Gasteiger partial charge on any atom is 0.405 e. The second-order valence-corrected chi connectivity index (χ2v) is 11.3. The number of aromatic nitrogens is 1. The maximum atomic E-state index is 13.7. The third kappa shape index (κ3) is 5.78. The molecule has 1 saturated heterocycles. The molecule has 0 saturated carbocycles. The van der Waals surface area contributed by atoms with Crippen molar-refractivity contribution in [2.75, 3.05) is 51.3 Å². The summed E-state index contributed by atoms with van der Waals surface area (Å²) < 4.78 is 44.7. The lowest BCUT2D eigenvalue weighted by Gasteiger charge is -2.36. The lowest BCUT2D eigenvalue weighted by Crippen LogP contribution is -2.47. The number of nitrogens with one attached hydrogen (secondary N) is 1. The molecule has 2 aliphatic rings. The molecule has 224 valence electrons. The number of halogens is 3. The van der Waals surface area contributed by atoms with E-state index in [0.29, 0.717) is 12.8 Å². The molecule has 0 spiro atoms. The number of amides is 1. The molecule has 1 N–H and O–H groups in total. The molecule has 3 aromatic carbocycles. The molecule has 0 unspecified atom stereocenters. The van der Waals surface area contributed by atoms with Crippen LogP contribution in [0.2, 0.25) is 0 Å². The minimum atomic E-state index is -4.48. The van der Waals surface area contributed by atoms with Crippen LogP contribution in [0.4, 0.5) is 19.0 Å². The number of rotatable bonds is 9. The molecule has 0 atom stereocenters. The Morgan fingerprint density at radius 1 is 0.907 bits per heavy atom. The van der Waals surface area contributed by atoms with Crippen molar-refractivity contribution in [3.05, 3.63) is 90.0 Å². The highest BCUT2D eigenvalue weighted by molar-refractivity contribution is 6.00. The number of methoxy groups -OCH3 is 1. The average molecular weight is 589 g/mol. The molecule has 1 amide bonds. The minimum absolute atomic E-state index is 0.441. The highest BCUT2D eigenvalue weighted by atomic mass is 19.4. The predicted molar refractivity (Wildman–Crippen MR) is 163 cm³/mol. The third-order valence-electron chi connectivity index (χ3n) is 8.75.